The van der Waals surface area contributed by atoms with Crippen LogP contribution >= 0.6 is 0 Å². The van der Waals surface area contributed by atoms with Crippen molar-refractivity contribution in [2.45, 2.75) is 57.8 Å². The molecule has 2 aliphatic rings. The number of aryl methyl sites for hydroxylation is 1. The van der Waals surface area contributed by atoms with Gasteiger partial charge in [-0.1, -0.05) is 24.4 Å². The van der Waals surface area contributed by atoms with Crippen molar-refractivity contribution >= 4 is 5.91 Å². The van der Waals surface area contributed by atoms with Gasteiger partial charge in [0, 0.05) is 24.9 Å². The van der Waals surface area contributed by atoms with E-state index < -0.39 is 0 Å². The largest absolute Gasteiger partial charge is 0.342 e. The van der Waals surface area contributed by atoms with E-state index in [1.807, 2.05) is 6.92 Å². The molecule has 1 aromatic heterocycles. The van der Waals surface area contributed by atoms with E-state index in [0.717, 1.165) is 44.7 Å². The maximum absolute atomic E-state index is 12.5. The molecular weight excluding hydrogens is 254 g/mol. The molecule has 0 atom stereocenters. The molecule has 0 unspecified atom stereocenters. The monoisotopic (exact) mass is 277 g/mol. The topological polar surface area (TPSA) is 59.2 Å². The van der Waals surface area contributed by atoms with E-state index in [1.54, 1.807) is 0 Å². The van der Waals surface area contributed by atoms with Crippen molar-refractivity contribution < 1.29 is 9.32 Å². The number of carbonyl (C=O) groups is 1. The molecule has 2 heterocycles. The number of piperidine rings is 1. The van der Waals surface area contributed by atoms with E-state index in [4.69, 9.17) is 4.52 Å². The smallest absolute Gasteiger partial charge is 0.229 e. The van der Waals surface area contributed by atoms with E-state index in [-0.39, 0.29) is 5.92 Å². The standard InChI is InChI=1S/C15H23N3O2/c1-11-16-14(20-17-11)12-7-9-18(10-8-12)15(19)13-5-3-2-4-6-13/h12-13H,2-10H2,1H3. The van der Waals surface area contributed by atoms with Crippen molar-refractivity contribution in [1.82, 2.24) is 15.0 Å². The lowest BCUT2D eigenvalue weighted by Gasteiger charge is -2.34. The van der Waals surface area contributed by atoms with Crippen molar-refractivity contribution in [2.75, 3.05) is 13.1 Å². The lowest BCUT2D eigenvalue weighted by Crippen LogP contribution is -2.41. The number of hydrogen-bond donors (Lipinski definition) is 0. The molecule has 5 nitrogen and oxygen atoms in total. The Morgan fingerprint density at radius 1 is 1.15 bits per heavy atom. The molecule has 1 aliphatic heterocycles. The lowest BCUT2D eigenvalue weighted by molar-refractivity contribution is -0.137. The van der Waals surface area contributed by atoms with E-state index in [1.165, 1.54) is 19.3 Å². The second-order valence-corrected chi connectivity index (χ2v) is 6.11. The Morgan fingerprint density at radius 3 is 2.45 bits per heavy atom. The first-order valence-electron chi connectivity index (χ1n) is 7.83. The zero-order chi connectivity index (χ0) is 13.9. The summed E-state index contributed by atoms with van der Waals surface area (Å²) in [6.07, 6.45) is 7.79. The van der Waals surface area contributed by atoms with Gasteiger partial charge in [0.05, 0.1) is 0 Å². The summed E-state index contributed by atoms with van der Waals surface area (Å²) in [6.45, 7) is 3.51. The van der Waals surface area contributed by atoms with E-state index in [0.29, 0.717) is 17.6 Å². The molecule has 1 aromatic rings. The van der Waals surface area contributed by atoms with Crippen LogP contribution in [0.15, 0.2) is 4.52 Å². The van der Waals surface area contributed by atoms with Crippen molar-refractivity contribution in [3.8, 4) is 0 Å². The Hall–Kier alpha value is -1.39. The van der Waals surface area contributed by atoms with Crippen molar-refractivity contribution in [2.24, 2.45) is 5.92 Å². The fraction of sp³-hybridized carbons (Fsp3) is 0.800. The summed E-state index contributed by atoms with van der Waals surface area (Å²) in [5.41, 5.74) is 0. The van der Waals surface area contributed by atoms with Gasteiger partial charge >= 0.3 is 0 Å². The molecule has 5 heteroatoms. The SMILES string of the molecule is Cc1noc(C2CCN(C(=O)C3CCCCC3)CC2)n1. The summed E-state index contributed by atoms with van der Waals surface area (Å²) in [6, 6.07) is 0. The van der Waals surface area contributed by atoms with Crippen LogP contribution in [0.1, 0.15) is 62.6 Å². The van der Waals surface area contributed by atoms with Crippen LogP contribution in [-0.4, -0.2) is 34.0 Å². The second-order valence-electron chi connectivity index (χ2n) is 6.11. The molecule has 0 radical (unpaired) electrons. The molecule has 2 fully saturated rings. The fourth-order valence-electron chi connectivity index (χ4n) is 3.43. The molecule has 1 aliphatic carbocycles. The van der Waals surface area contributed by atoms with Crippen LogP contribution in [0.5, 0.6) is 0 Å². The molecule has 0 N–H and O–H groups in total. The highest BCUT2D eigenvalue weighted by molar-refractivity contribution is 5.79. The molecule has 0 aromatic carbocycles. The third-order valence-electron chi connectivity index (χ3n) is 4.65. The molecule has 1 amide bonds. The van der Waals surface area contributed by atoms with Crippen molar-refractivity contribution in [3.63, 3.8) is 0 Å². The third kappa shape index (κ3) is 2.86. The predicted molar refractivity (Wildman–Crippen MR) is 74.2 cm³/mol. The zero-order valence-corrected chi connectivity index (χ0v) is 12.2. The molecule has 20 heavy (non-hydrogen) atoms. The van der Waals surface area contributed by atoms with Crippen LogP contribution in [0.2, 0.25) is 0 Å². The van der Waals surface area contributed by atoms with Gasteiger partial charge in [0.1, 0.15) is 0 Å². The Morgan fingerprint density at radius 2 is 1.85 bits per heavy atom. The van der Waals surface area contributed by atoms with Crippen LogP contribution in [-0.2, 0) is 4.79 Å². The second kappa shape index (κ2) is 5.94. The number of nitrogens with zero attached hydrogens (tertiary/aromatic N) is 3. The average Bonchev–Trinajstić information content (AvgIpc) is 2.94. The summed E-state index contributed by atoms with van der Waals surface area (Å²) in [7, 11) is 0. The average molecular weight is 277 g/mol. The summed E-state index contributed by atoms with van der Waals surface area (Å²) in [5, 5.41) is 3.85. The van der Waals surface area contributed by atoms with Gasteiger partial charge in [-0.3, -0.25) is 4.79 Å². The lowest BCUT2D eigenvalue weighted by atomic mass is 9.87. The number of rotatable bonds is 2. The van der Waals surface area contributed by atoms with Gasteiger partial charge in [0.2, 0.25) is 11.8 Å². The van der Waals surface area contributed by atoms with Gasteiger partial charge < -0.3 is 9.42 Å². The van der Waals surface area contributed by atoms with E-state index in [9.17, 15) is 4.79 Å². The molecule has 3 rings (SSSR count). The number of likely N-dealkylation sites (tertiary alicyclic amines) is 1. The highest BCUT2D eigenvalue weighted by Crippen LogP contribution is 2.30. The maximum atomic E-state index is 12.5. The van der Waals surface area contributed by atoms with Gasteiger partial charge in [-0.2, -0.15) is 4.98 Å². The summed E-state index contributed by atoms with van der Waals surface area (Å²) < 4.78 is 5.25. The van der Waals surface area contributed by atoms with Crippen LogP contribution in [0.25, 0.3) is 0 Å². The van der Waals surface area contributed by atoms with Gasteiger partial charge in [-0.15, -0.1) is 0 Å². The predicted octanol–water partition coefficient (Wildman–Crippen LogP) is 2.66. The first kappa shape index (κ1) is 13.6. The van der Waals surface area contributed by atoms with Crippen molar-refractivity contribution in [3.05, 3.63) is 11.7 Å². The molecule has 1 saturated heterocycles. The molecule has 0 bridgehead atoms. The zero-order valence-electron chi connectivity index (χ0n) is 12.2. The molecular formula is C15H23N3O2. The fourth-order valence-corrected chi connectivity index (χ4v) is 3.43. The number of aromatic nitrogens is 2. The maximum Gasteiger partial charge on any atom is 0.229 e. The van der Waals surface area contributed by atoms with E-state index in [2.05, 4.69) is 15.0 Å². The molecule has 1 saturated carbocycles. The van der Waals surface area contributed by atoms with Gasteiger partial charge in [0.15, 0.2) is 5.82 Å². The normalized spacial score (nSPS) is 22.1. The minimum absolute atomic E-state index is 0.283. The van der Waals surface area contributed by atoms with Crippen LogP contribution in [0, 0.1) is 12.8 Å². The first-order chi connectivity index (χ1) is 9.74. The number of hydrogen-bond acceptors (Lipinski definition) is 4. The summed E-state index contributed by atoms with van der Waals surface area (Å²) in [5.74, 6) is 2.43. The number of carbonyl (C=O) groups excluding carboxylic acids is 1. The van der Waals surface area contributed by atoms with Crippen LogP contribution < -0.4 is 0 Å². The Kier molecular flexibility index (Phi) is 4.03. The highest BCUT2D eigenvalue weighted by Gasteiger charge is 2.31. The molecule has 0 spiro atoms. The molecule has 110 valence electrons. The third-order valence-corrected chi connectivity index (χ3v) is 4.65. The quantitative estimate of drug-likeness (QED) is 0.834. The van der Waals surface area contributed by atoms with Gasteiger partial charge in [-0.05, 0) is 32.6 Å². The minimum Gasteiger partial charge on any atom is -0.342 e. The Labute approximate surface area is 119 Å². The first-order valence-corrected chi connectivity index (χ1v) is 7.83. The van der Waals surface area contributed by atoms with E-state index >= 15 is 0 Å². The minimum atomic E-state index is 0.283. The highest BCUT2D eigenvalue weighted by atomic mass is 16.5. The summed E-state index contributed by atoms with van der Waals surface area (Å²) >= 11 is 0. The van der Waals surface area contributed by atoms with Gasteiger partial charge in [-0.25, -0.2) is 0 Å². The Bertz CT molecular complexity index is 457. The number of amides is 1. The Balaban J connectivity index is 1.54. The van der Waals surface area contributed by atoms with Crippen LogP contribution in [0.3, 0.4) is 0 Å². The van der Waals surface area contributed by atoms with Gasteiger partial charge in [0.25, 0.3) is 0 Å². The van der Waals surface area contributed by atoms with Crippen molar-refractivity contribution in [1.29, 1.82) is 0 Å². The summed E-state index contributed by atoms with van der Waals surface area (Å²) in [4.78, 5) is 18.8. The van der Waals surface area contributed by atoms with Crippen LogP contribution in [0.4, 0.5) is 0 Å².